The molecule has 116 valence electrons. The van der Waals surface area contributed by atoms with Crippen molar-refractivity contribution >= 4 is 29.5 Å². The average molecular weight is 326 g/mol. The number of amides is 3. The number of nitrogens with zero attached hydrogens (tertiary/aromatic N) is 1. The molecular formula is C17H14N2O3S. The van der Waals surface area contributed by atoms with E-state index >= 15 is 0 Å². The Labute approximate surface area is 137 Å². The van der Waals surface area contributed by atoms with Gasteiger partial charge in [-0.05, 0) is 17.7 Å². The van der Waals surface area contributed by atoms with Gasteiger partial charge in [-0.2, -0.15) is 5.01 Å². The van der Waals surface area contributed by atoms with Crippen molar-refractivity contribution < 1.29 is 14.4 Å². The van der Waals surface area contributed by atoms with Gasteiger partial charge in [0.15, 0.2) is 0 Å². The summed E-state index contributed by atoms with van der Waals surface area (Å²) in [7, 11) is 0. The predicted octanol–water partition coefficient (Wildman–Crippen LogP) is 2.25. The lowest BCUT2D eigenvalue weighted by atomic mass is 10.1. The molecule has 0 aromatic heterocycles. The predicted molar refractivity (Wildman–Crippen MR) is 87.7 cm³/mol. The van der Waals surface area contributed by atoms with Gasteiger partial charge in [0.25, 0.3) is 11.8 Å². The number of hydrogen-bond acceptors (Lipinski definition) is 4. The maximum atomic E-state index is 12.1. The van der Waals surface area contributed by atoms with Crippen LogP contribution in [0.15, 0.2) is 54.6 Å². The Kier molecular flexibility index (Phi) is 4.43. The van der Waals surface area contributed by atoms with Crippen LogP contribution in [0.5, 0.6) is 0 Å². The minimum atomic E-state index is -0.494. The summed E-state index contributed by atoms with van der Waals surface area (Å²) < 4.78 is 0. The van der Waals surface area contributed by atoms with Gasteiger partial charge >= 0.3 is 0 Å². The number of thioether (sulfide) groups is 1. The van der Waals surface area contributed by atoms with Crippen molar-refractivity contribution in [2.75, 3.05) is 5.75 Å². The zero-order valence-corrected chi connectivity index (χ0v) is 13.0. The molecular weight excluding hydrogens is 312 g/mol. The fourth-order valence-electron chi connectivity index (χ4n) is 2.28. The maximum Gasteiger partial charge on any atom is 0.280 e. The molecule has 0 spiro atoms. The zero-order valence-electron chi connectivity index (χ0n) is 12.2. The van der Waals surface area contributed by atoms with Crippen LogP contribution in [0.1, 0.15) is 26.3 Å². The monoisotopic (exact) mass is 326 g/mol. The van der Waals surface area contributed by atoms with Crippen molar-refractivity contribution in [3.05, 3.63) is 71.3 Å². The smallest absolute Gasteiger partial charge is 0.272 e. The van der Waals surface area contributed by atoms with Crippen LogP contribution in [-0.2, 0) is 10.5 Å². The van der Waals surface area contributed by atoms with E-state index in [1.54, 1.807) is 24.3 Å². The summed E-state index contributed by atoms with van der Waals surface area (Å²) in [4.78, 5) is 36.2. The summed E-state index contributed by atoms with van der Waals surface area (Å²) >= 11 is 1.42. The lowest BCUT2D eigenvalue weighted by Crippen LogP contribution is -2.46. The number of imide groups is 1. The van der Waals surface area contributed by atoms with Gasteiger partial charge in [-0.15, -0.1) is 11.8 Å². The van der Waals surface area contributed by atoms with Crippen LogP contribution >= 0.6 is 11.8 Å². The van der Waals surface area contributed by atoms with E-state index in [2.05, 4.69) is 5.43 Å². The third-order valence-electron chi connectivity index (χ3n) is 3.38. The topological polar surface area (TPSA) is 66.5 Å². The molecule has 3 amide bonds. The minimum Gasteiger partial charge on any atom is -0.272 e. The Morgan fingerprint density at radius 2 is 1.48 bits per heavy atom. The Balaban J connectivity index is 1.55. The quantitative estimate of drug-likeness (QED) is 0.856. The van der Waals surface area contributed by atoms with Crippen molar-refractivity contribution in [3.63, 3.8) is 0 Å². The molecule has 1 aliphatic rings. The van der Waals surface area contributed by atoms with Crippen molar-refractivity contribution in [2.24, 2.45) is 0 Å². The highest BCUT2D eigenvalue weighted by Crippen LogP contribution is 2.20. The van der Waals surface area contributed by atoms with Gasteiger partial charge in [0.1, 0.15) is 0 Å². The normalized spacial score (nSPS) is 13.1. The van der Waals surface area contributed by atoms with Crippen molar-refractivity contribution in [2.45, 2.75) is 5.75 Å². The Hall–Kier alpha value is -2.60. The van der Waals surface area contributed by atoms with Crippen LogP contribution in [0, 0.1) is 0 Å². The molecule has 1 aliphatic heterocycles. The first-order valence-electron chi connectivity index (χ1n) is 7.06. The summed E-state index contributed by atoms with van der Waals surface area (Å²) in [6, 6.07) is 16.3. The lowest BCUT2D eigenvalue weighted by Gasteiger charge is -2.14. The molecule has 5 nitrogen and oxygen atoms in total. The van der Waals surface area contributed by atoms with E-state index in [4.69, 9.17) is 0 Å². The van der Waals surface area contributed by atoms with Crippen molar-refractivity contribution in [1.29, 1.82) is 0 Å². The summed E-state index contributed by atoms with van der Waals surface area (Å²) in [5.41, 5.74) is 4.13. The van der Waals surface area contributed by atoms with Gasteiger partial charge in [0.05, 0.1) is 16.9 Å². The number of benzene rings is 2. The molecule has 3 rings (SSSR count). The van der Waals surface area contributed by atoms with E-state index in [1.807, 2.05) is 30.3 Å². The molecule has 2 aromatic carbocycles. The van der Waals surface area contributed by atoms with E-state index in [9.17, 15) is 14.4 Å². The second-order valence-electron chi connectivity index (χ2n) is 5.00. The van der Waals surface area contributed by atoms with E-state index in [0.29, 0.717) is 16.9 Å². The molecule has 1 heterocycles. The minimum absolute atomic E-state index is 0.169. The fraction of sp³-hybridized carbons (Fsp3) is 0.118. The Bertz CT molecular complexity index is 726. The highest BCUT2D eigenvalue weighted by atomic mass is 32.2. The molecule has 2 aromatic rings. The fourth-order valence-corrected chi connectivity index (χ4v) is 3.06. The van der Waals surface area contributed by atoms with Crippen LogP contribution in [0.2, 0.25) is 0 Å². The third-order valence-corrected chi connectivity index (χ3v) is 4.38. The number of nitrogens with one attached hydrogen (secondary N) is 1. The van der Waals surface area contributed by atoms with Gasteiger partial charge < -0.3 is 0 Å². The molecule has 0 atom stereocenters. The van der Waals surface area contributed by atoms with Gasteiger partial charge in [0.2, 0.25) is 5.91 Å². The first kappa shape index (κ1) is 15.3. The van der Waals surface area contributed by atoms with Crippen molar-refractivity contribution in [3.8, 4) is 0 Å². The number of rotatable bonds is 5. The van der Waals surface area contributed by atoms with Gasteiger partial charge in [0, 0.05) is 5.75 Å². The molecule has 0 fully saturated rings. The second kappa shape index (κ2) is 6.66. The van der Waals surface area contributed by atoms with Crippen LogP contribution in [0.3, 0.4) is 0 Å². The maximum absolute atomic E-state index is 12.1. The van der Waals surface area contributed by atoms with Crippen LogP contribution in [0.4, 0.5) is 0 Å². The molecule has 0 saturated heterocycles. The largest absolute Gasteiger partial charge is 0.280 e. The molecule has 0 aliphatic carbocycles. The number of hydrazine groups is 1. The number of hydrogen-bond donors (Lipinski definition) is 1. The van der Waals surface area contributed by atoms with Crippen LogP contribution in [-0.4, -0.2) is 28.5 Å². The first-order chi connectivity index (χ1) is 11.2. The summed E-state index contributed by atoms with van der Waals surface area (Å²) in [5.74, 6) is -0.502. The van der Waals surface area contributed by atoms with E-state index < -0.39 is 11.8 Å². The molecule has 0 bridgehead atoms. The SMILES string of the molecule is O=C(CSCc1ccccc1)NN1C(=O)c2ccccc2C1=O. The molecule has 0 radical (unpaired) electrons. The molecule has 6 heteroatoms. The van der Waals surface area contributed by atoms with Gasteiger partial charge in [-0.3, -0.25) is 19.8 Å². The van der Waals surface area contributed by atoms with Crippen LogP contribution in [0.25, 0.3) is 0 Å². The van der Waals surface area contributed by atoms with E-state index in [0.717, 1.165) is 10.6 Å². The standard InChI is InChI=1S/C17H14N2O3S/c20-15(11-23-10-12-6-2-1-3-7-12)18-19-16(21)13-8-4-5-9-14(13)17(19)22/h1-9H,10-11H2,(H,18,20). The highest BCUT2D eigenvalue weighted by Gasteiger charge is 2.36. The van der Waals surface area contributed by atoms with Crippen LogP contribution < -0.4 is 5.43 Å². The van der Waals surface area contributed by atoms with E-state index in [-0.39, 0.29) is 11.7 Å². The highest BCUT2D eigenvalue weighted by molar-refractivity contribution is 7.99. The molecule has 0 unspecified atom stereocenters. The number of carbonyl (C=O) groups excluding carboxylic acids is 3. The van der Waals surface area contributed by atoms with Gasteiger partial charge in [-0.25, -0.2) is 0 Å². The molecule has 1 N–H and O–H groups in total. The first-order valence-corrected chi connectivity index (χ1v) is 8.21. The summed E-state index contributed by atoms with van der Waals surface area (Å²) in [6.45, 7) is 0. The summed E-state index contributed by atoms with van der Waals surface area (Å²) in [6.07, 6.45) is 0. The molecule has 0 saturated carbocycles. The molecule has 23 heavy (non-hydrogen) atoms. The van der Waals surface area contributed by atoms with Crippen molar-refractivity contribution in [1.82, 2.24) is 10.4 Å². The Morgan fingerprint density at radius 3 is 2.09 bits per heavy atom. The zero-order chi connectivity index (χ0) is 16.2. The average Bonchev–Trinajstić information content (AvgIpc) is 2.81. The Morgan fingerprint density at radius 1 is 0.913 bits per heavy atom. The lowest BCUT2D eigenvalue weighted by molar-refractivity contribution is -0.121. The third kappa shape index (κ3) is 3.27. The van der Waals surface area contributed by atoms with E-state index in [1.165, 1.54) is 11.8 Å². The summed E-state index contributed by atoms with van der Waals surface area (Å²) in [5, 5.41) is 0.788. The van der Waals surface area contributed by atoms with Gasteiger partial charge in [-0.1, -0.05) is 42.5 Å². The number of fused-ring (bicyclic) bond motifs is 1. The second-order valence-corrected chi connectivity index (χ2v) is 5.99. The number of carbonyl (C=O) groups is 3.